The zero-order valence-electron chi connectivity index (χ0n) is 14.4. The Morgan fingerprint density at radius 1 is 1.16 bits per heavy atom. The average Bonchev–Trinajstić information content (AvgIpc) is 2.62. The summed E-state index contributed by atoms with van der Waals surface area (Å²) in [7, 11) is 1.63. The van der Waals surface area contributed by atoms with Crippen LogP contribution in [0.15, 0.2) is 48.5 Å². The summed E-state index contributed by atoms with van der Waals surface area (Å²) in [5, 5.41) is 0.395. The lowest BCUT2D eigenvalue weighted by Crippen LogP contribution is -2.45. The molecule has 1 atom stereocenters. The van der Waals surface area contributed by atoms with Crippen molar-refractivity contribution >= 4 is 23.4 Å². The van der Waals surface area contributed by atoms with Gasteiger partial charge in [-0.2, -0.15) is 0 Å². The smallest absolute Gasteiger partial charge is 0.255 e. The molecule has 1 heterocycles. The molecular formula is C20H21ClN2O2. The molecule has 0 saturated carbocycles. The van der Waals surface area contributed by atoms with Gasteiger partial charge in [0.15, 0.2) is 0 Å². The first-order valence-electron chi connectivity index (χ1n) is 8.36. The van der Waals surface area contributed by atoms with Crippen molar-refractivity contribution in [1.29, 1.82) is 0 Å². The molecule has 5 heteroatoms. The Labute approximate surface area is 153 Å². The average molecular weight is 357 g/mol. The van der Waals surface area contributed by atoms with Gasteiger partial charge in [0, 0.05) is 13.6 Å². The van der Waals surface area contributed by atoms with Crippen LogP contribution < -0.4 is 0 Å². The SMILES string of the molecule is CC1c2ccccc2CCN1C(=O)CN(C)C(=O)c1ccccc1Cl. The Morgan fingerprint density at radius 2 is 1.84 bits per heavy atom. The molecule has 2 amide bonds. The van der Waals surface area contributed by atoms with Crippen LogP contribution in [-0.4, -0.2) is 41.8 Å². The lowest BCUT2D eigenvalue weighted by Gasteiger charge is -2.36. The summed E-state index contributed by atoms with van der Waals surface area (Å²) in [4.78, 5) is 28.6. The number of benzene rings is 2. The highest BCUT2D eigenvalue weighted by molar-refractivity contribution is 6.33. The molecule has 0 fully saturated rings. The maximum absolute atomic E-state index is 12.7. The number of fused-ring (bicyclic) bond motifs is 1. The molecule has 2 aromatic rings. The molecular weight excluding hydrogens is 336 g/mol. The van der Waals surface area contributed by atoms with E-state index in [2.05, 4.69) is 12.1 Å². The summed E-state index contributed by atoms with van der Waals surface area (Å²) in [6, 6.07) is 15.1. The molecule has 0 spiro atoms. The first kappa shape index (κ1) is 17.5. The van der Waals surface area contributed by atoms with E-state index in [0.29, 0.717) is 17.1 Å². The van der Waals surface area contributed by atoms with Gasteiger partial charge in [-0.15, -0.1) is 0 Å². The third-order valence-corrected chi connectivity index (χ3v) is 5.07. The number of rotatable bonds is 3. The van der Waals surface area contributed by atoms with Crippen LogP contribution >= 0.6 is 11.6 Å². The van der Waals surface area contributed by atoms with Gasteiger partial charge in [0.25, 0.3) is 5.91 Å². The zero-order chi connectivity index (χ0) is 18.0. The maximum atomic E-state index is 12.7. The Balaban J connectivity index is 1.70. The molecule has 0 N–H and O–H groups in total. The molecule has 1 aliphatic heterocycles. The molecule has 130 valence electrons. The van der Waals surface area contributed by atoms with Crippen LogP contribution in [0.25, 0.3) is 0 Å². The van der Waals surface area contributed by atoms with E-state index in [1.165, 1.54) is 16.0 Å². The molecule has 25 heavy (non-hydrogen) atoms. The molecule has 0 radical (unpaired) electrons. The molecule has 0 bridgehead atoms. The Morgan fingerprint density at radius 3 is 2.60 bits per heavy atom. The number of hydrogen-bond donors (Lipinski definition) is 0. The van der Waals surface area contributed by atoms with Gasteiger partial charge in [0.2, 0.25) is 5.91 Å². The van der Waals surface area contributed by atoms with Crippen molar-refractivity contribution < 1.29 is 9.59 Å². The van der Waals surface area contributed by atoms with Crippen molar-refractivity contribution in [2.75, 3.05) is 20.1 Å². The van der Waals surface area contributed by atoms with Crippen LogP contribution in [0.5, 0.6) is 0 Å². The molecule has 0 saturated heterocycles. The standard InChI is InChI=1S/C20H21ClN2O2/c1-14-16-8-4-3-7-15(16)11-12-23(14)19(24)13-22(2)20(25)17-9-5-6-10-18(17)21/h3-10,14H,11-13H2,1-2H3. The molecule has 4 nitrogen and oxygen atoms in total. The van der Waals surface area contributed by atoms with Gasteiger partial charge in [0.05, 0.1) is 23.2 Å². The minimum atomic E-state index is -0.246. The van der Waals surface area contributed by atoms with Crippen LogP contribution in [0.4, 0.5) is 0 Å². The Hall–Kier alpha value is -2.33. The van der Waals surface area contributed by atoms with E-state index in [9.17, 15) is 9.59 Å². The number of halogens is 1. The van der Waals surface area contributed by atoms with Gasteiger partial charge in [-0.1, -0.05) is 48.0 Å². The molecule has 0 aromatic heterocycles. The number of carbonyl (C=O) groups excluding carboxylic acids is 2. The van der Waals surface area contributed by atoms with E-state index in [4.69, 9.17) is 11.6 Å². The quantitative estimate of drug-likeness (QED) is 0.843. The summed E-state index contributed by atoms with van der Waals surface area (Å²) in [5.41, 5.74) is 2.89. The van der Waals surface area contributed by atoms with Crippen molar-refractivity contribution in [2.45, 2.75) is 19.4 Å². The van der Waals surface area contributed by atoms with E-state index in [0.717, 1.165) is 6.42 Å². The topological polar surface area (TPSA) is 40.6 Å². The molecule has 0 aliphatic carbocycles. The predicted octanol–water partition coefficient (Wildman–Crippen LogP) is 3.56. The number of likely N-dealkylation sites (N-methyl/N-ethyl adjacent to an activating group) is 1. The third-order valence-electron chi connectivity index (χ3n) is 4.74. The fraction of sp³-hybridized carbons (Fsp3) is 0.300. The van der Waals surface area contributed by atoms with Crippen LogP contribution in [0.1, 0.15) is 34.5 Å². The second-order valence-corrected chi connectivity index (χ2v) is 6.76. The van der Waals surface area contributed by atoms with E-state index < -0.39 is 0 Å². The summed E-state index contributed by atoms with van der Waals surface area (Å²) >= 11 is 6.08. The number of hydrogen-bond acceptors (Lipinski definition) is 2. The van der Waals surface area contributed by atoms with Gasteiger partial charge >= 0.3 is 0 Å². The first-order valence-corrected chi connectivity index (χ1v) is 8.74. The monoisotopic (exact) mass is 356 g/mol. The van der Waals surface area contributed by atoms with E-state index in [-0.39, 0.29) is 24.4 Å². The van der Waals surface area contributed by atoms with Crippen molar-refractivity contribution in [3.05, 3.63) is 70.2 Å². The summed E-state index contributed by atoms with van der Waals surface area (Å²) in [6.07, 6.45) is 0.842. The zero-order valence-corrected chi connectivity index (χ0v) is 15.2. The second-order valence-electron chi connectivity index (χ2n) is 6.35. The van der Waals surface area contributed by atoms with Crippen molar-refractivity contribution in [2.24, 2.45) is 0 Å². The minimum Gasteiger partial charge on any atom is -0.334 e. The van der Waals surface area contributed by atoms with Crippen molar-refractivity contribution in [3.8, 4) is 0 Å². The Kier molecular flexibility index (Phi) is 5.09. The predicted molar refractivity (Wildman–Crippen MR) is 98.7 cm³/mol. The van der Waals surface area contributed by atoms with Gasteiger partial charge in [-0.25, -0.2) is 0 Å². The number of carbonyl (C=O) groups is 2. The van der Waals surface area contributed by atoms with E-state index in [1.807, 2.05) is 24.0 Å². The van der Waals surface area contributed by atoms with Crippen LogP contribution in [0, 0.1) is 0 Å². The minimum absolute atomic E-state index is 0.0151. The summed E-state index contributed by atoms with van der Waals surface area (Å²) in [5.74, 6) is -0.297. The maximum Gasteiger partial charge on any atom is 0.255 e. The molecule has 1 aliphatic rings. The molecule has 1 unspecified atom stereocenters. The summed E-state index contributed by atoms with van der Waals surface area (Å²) < 4.78 is 0. The fourth-order valence-electron chi connectivity index (χ4n) is 3.32. The number of nitrogens with zero attached hydrogens (tertiary/aromatic N) is 2. The van der Waals surface area contributed by atoms with Crippen molar-refractivity contribution in [3.63, 3.8) is 0 Å². The number of amides is 2. The Bertz CT molecular complexity index is 806. The highest BCUT2D eigenvalue weighted by Crippen LogP contribution is 2.29. The normalized spacial score (nSPS) is 16.3. The summed E-state index contributed by atoms with van der Waals surface area (Å²) in [6.45, 7) is 2.74. The van der Waals surface area contributed by atoms with Crippen LogP contribution in [-0.2, 0) is 11.2 Å². The van der Waals surface area contributed by atoms with Gasteiger partial charge < -0.3 is 9.80 Å². The third kappa shape index (κ3) is 3.54. The van der Waals surface area contributed by atoms with E-state index >= 15 is 0 Å². The molecule has 3 rings (SSSR count). The van der Waals surface area contributed by atoms with Crippen molar-refractivity contribution in [1.82, 2.24) is 9.80 Å². The van der Waals surface area contributed by atoms with Gasteiger partial charge in [-0.05, 0) is 36.6 Å². The largest absolute Gasteiger partial charge is 0.334 e. The highest BCUT2D eigenvalue weighted by atomic mass is 35.5. The highest BCUT2D eigenvalue weighted by Gasteiger charge is 2.28. The van der Waals surface area contributed by atoms with Gasteiger partial charge in [0.1, 0.15) is 0 Å². The van der Waals surface area contributed by atoms with Crippen LogP contribution in [0.3, 0.4) is 0 Å². The lowest BCUT2D eigenvalue weighted by atomic mass is 9.93. The lowest BCUT2D eigenvalue weighted by molar-refractivity contribution is -0.134. The fourth-order valence-corrected chi connectivity index (χ4v) is 3.53. The second kappa shape index (κ2) is 7.28. The van der Waals surface area contributed by atoms with Gasteiger partial charge in [-0.3, -0.25) is 9.59 Å². The van der Waals surface area contributed by atoms with E-state index in [1.54, 1.807) is 31.3 Å². The van der Waals surface area contributed by atoms with Crippen LogP contribution in [0.2, 0.25) is 5.02 Å². The molecule has 2 aromatic carbocycles. The first-order chi connectivity index (χ1) is 12.0.